The Balaban J connectivity index is 4.09. The second-order valence-corrected chi connectivity index (χ2v) is 5.25. The number of rotatable bonds is 6. The van der Waals surface area contributed by atoms with E-state index in [0.29, 0.717) is 12.2 Å². The van der Waals surface area contributed by atoms with Gasteiger partial charge in [-0.15, -0.1) is 11.8 Å². The molecule has 0 bridgehead atoms. The van der Waals surface area contributed by atoms with E-state index in [-0.39, 0.29) is 5.92 Å². The van der Waals surface area contributed by atoms with Gasteiger partial charge >= 0.3 is 5.97 Å². The van der Waals surface area contributed by atoms with Crippen LogP contribution in [0.15, 0.2) is 0 Å². The molecule has 0 fully saturated rings. The Morgan fingerprint density at radius 2 is 2.00 bits per heavy atom. The lowest BCUT2D eigenvalue weighted by molar-refractivity contribution is -0.136. The zero-order chi connectivity index (χ0) is 11.4. The Kier molecular flexibility index (Phi) is 5.52. The third-order valence-corrected chi connectivity index (χ3v) is 4.16. The van der Waals surface area contributed by atoms with E-state index in [2.05, 4.69) is 0 Å². The molecule has 0 saturated carbocycles. The summed E-state index contributed by atoms with van der Waals surface area (Å²) >= 11 is 1.32. The van der Waals surface area contributed by atoms with E-state index in [0.717, 1.165) is 0 Å². The lowest BCUT2D eigenvalue weighted by Gasteiger charge is -2.28. The van der Waals surface area contributed by atoms with E-state index >= 15 is 0 Å². The smallest absolute Gasteiger partial charge is 0.316 e. The first-order chi connectivity index (χ1) is 6.31. The summed E-state index contributed by atoms with van der Waals surface area (Å²) in [6.07, 6.45) is 0.591. The Morgan fingerprint density at radius 3 is 2.29 bits per heavy atom. The standard InChI is InChI=1S/C10H20O3S/c1-5-8(9(11)12)14-6-10(4,13)7(2)3/h7-8,13H,5-6H2,1-4H3,(H,11,12). The predicted octanol–water partition coefficient (Wildman–Crippen LogP) is 1.99. The fraction of sp³-hybridized carbons (Fsp3) is 0.900. The minimum absolute atomic E-state index is 0.140. The summed E-state index contributed by atoms with van der Waals surface area (Å²) in [5.41, 5.74) is -0.784. The van der Waals surface area contributed by atoms with E-state index < -0.39 is 16.8 Å². The summed E-state index contributed by atoms with van der Waals surface area (Å²) in [7, 11) is 0. The van der Waals surface area contributed by atoms with Gasteiger partial charge in [-0.05, 0) is 19.3 Å². The molecule has 14 heavy (non-hydrogen) atoms. The molecule has 0 aliphatic rings. The van der Waals surface area contributed by atoms with Crippen molar-refractivity contribution in [3.05, 3.63) is 0 Å². The molecular formula is C10H20O3S. The highest BCUT2D eigenvalue weighted by molar-refractivity contribution is 8.00. The van der Waals surface area contributed by atoms with Gasteiger partial charge in [0.15, 0.2) is 0 Å². The third kappa shape index (κ3) is 4.33. The maximum absolute atomic E-state index is 10.7. The van der Waals surface area contributed by atoms with Crippen LogP contribution in [-0.2, 0) is 4.79 Å². The number of aliphatic carboxylic acids is 1. The van der Waals surface area contributed by atoms with Crippen LogP contribution in [-0.4, -0.2) is 32.8 Å². The van der Waals surface area contributed by atoms with Gasteiger partial charge < -0.3 is 10.2 Å². The van der Waals surface area contributed by atoms with Crippen molar-refractivity contribution in [1.82, 2.24) is 0 Å². The van der Waals surface area contributed by atoms with E-state index in [1.807, 2.05) is 20.8 Å². The van der Waals surface area contributed by atoms with Crippen LogP contribution in [0.1, 0.15) is 34.1 Å². The fourth-order valence-corrected chi connectivity index (χ4v) is 2.05. The monoisotopic (exact) mass is 220 g/mol. The summed E-state index contributed by atoms with van der Waals surface area (Å²) in [5, 5.41) is 18.3. The van der Waals surface area contributed by atoms with Crippen molar-refractivity contribution in [3.63, 3.8) is 0 Å². The minimum atomic E-state index is -0.794. The average molecular weight is 220 g/mol. The predicted molar refractivity (Wildman–Crippen MR) is 59.6 cm³/mol. The summed E-state index contributed by atoms with van der Waals surface area (Å²) in [4.78, 5) is 10.7. The molecule has 3 nitrogen and oxygen atoms in total. The number of thioether (sulfide) groups is 1. The highest BCUT2D eigenvalue weighted by atomic mass is 32.2. The third-order valence-electron chi connectivity index (χ3n) is 2.47. The number of carboxylic acid groups (broad SMARTS) is 1. The lowest BCUT2D eigenvalue weighted by atomic mass is 9.95. The van der Waals surface area contributed by atoms with Gasteiger partial charge in [0, 0.05) is 5.75 Å². The van der Waals surface area contributed by atoms with Gasteiger partial charge in [0.1, 0.15) is 5.25 Å². The minimum Gasteiger partial charge on any atom is -0.480 e. The maximum Gasteiger partial charge on any atom is 0.316 e. The highest BCUT2D eigenvalue weighted by Crippen LogP contribution is 2.25. The highest BCUT2D eigenvalue weighted by Gasteiger charge is 2.27. The molecular weight excluding hydrogens is 200 g/mol. The van der Waals surface area contributed by atoms with Crippen molar-refractivity contribution < 1.29 is 15.0 Å². The largest absolute Gasteiger partial charge is 0.480 e. The Hall–Kier alpha value is -0.220. The molecule has 2 atom stereocenters. The fourth-order valence-electron chi connectivity index (χ4n) is 0.800. The molecule has 0 spiro atoms. The number of hydrogen-bond acceptors (Lipinski definition) is 3. The Bertz CT molecular complexity index is 190. The van der Waals surface area contributed by atoms with Crippen LogP contribution in [0.2, 0.25) is 0 Å². The molecule has 0 saturated heterocycles. The summed E-state index contributed by atoms with van der Waals surface area (Å²) < 4.78 is 0. The lowest BCUT2D eigenvalue weighted by Crippen LogP contribution is -2.35. The van der Waals surface area contributed by atoms with Crippen LogP contribution in [0.3, 0.4) is 0 Å². The van der Waals surface area contributed by atoms with Crippen LogP contribution in [0.4, 0.5) is 0 Å². The van der Waals surface area contributed by atoms with Crippen molar-refractivity contribution >= 4 is 17.7 Å². The Morgan fingerprint density at radius 1 is 1.50 bits per heavy atom. The Labute approximate surface area is 89.9 Å². The topological polar surface area (TPSA) is 57.5 Å². The van der Waals surface area contributed by atoms with Crippen molar-refractivity contribution in [2.24, 2.45) is 5.92 Å². The number of aliphatic hydroxyl groups is 1. The van der Waals surface area contributed by atoms with Crippen LogP contribution >= 0.6 is 11.8 Å². The van der Waals surface area contributed by atoms with Gasteiger partial charge in [-0.2, -0.15) is 0 Å². The van der Waals surface area contributed by atoms with Crippen LogP contribution < -0.4 is 0 Å². The summed E-state index contributed by atoms with van der Waals surface area (Å²) in [5.74, 6) is -0.187. The second-order valence-electron chi connectivity index (χ2n) is 4.06. The SMILES string of the molecule is CCC(SCC(C)(O)C(C)C)C(=O)O. The molecule has 4 heteroatoms. The van der Waals surface area contributed by atoms with Crippen molar-refractivity contribution in [1.29, 1.82) is 0 Å². The van der Waals surface area contributed by atoms with Gasteiger partial charge in [0.2, 0.25) is 0 Å². The summed E-state index contributed by atoms with van der Waals surface area (Å²) in [6.45, 7) is 7.46. The number of hydrogen-bond donors (Lipinski definition) is 2. The molecule has 84 valence electrons. The number of carbonyl (C=O) groups is 1. The molecule has 2 N–H and O–H groups in total. The molecule has 0 aliphatic carbocycles. The van der Waals surface area contributed by atoms with Gasteiger partial charge in [-0.25, -0.2) is 0 Å². The van der Waals surface area contributed by atoms with Crippen LogP contribution in [0.25, 0.3) is 0 Å². The van der Waals surface area contributed by atoms with E-state index in [1.165, 1.54) is 11.8 Å². The zero-order valence-corrected chi connectivity index (χ0v) is 10.1. The van der Waals surface area contributed by atoms with Crippen LogP contribution in [0.5, 0.6) is 0 Å². The molecule has 0 radical (unpaired) electrons. The van der Waals surface area contributed by atoms with Crippen molar-refractivity contribution in [3.8, 4) is 0 Å². The molecule has 0 aromatic rings. The first kappa shape index (κ1) is 13.8. The normalized spacial score (nSPS) is 17.9. The molecule has 0 rings (SSSR count). The van der Waals surface area contributed by atoms with Crippen molar-refractivity contribution in [2.45, 2.75) is 45.0 Å². The molecule has 0 aromatic carbocycles. The zero-order valence-electron chi connectivity index (χ0n) is 9.28. The first-order valence-electron chi connectivity index (χ1n) is 4.88. The first-order valence-corrected chi connectivity index (χ1v) is 5.93. The van der Waals surface area contributed by atoms with Crippen molar-refractivity contribution in [2.75, 3.05) is 5.75 Å². The maximum atomic E-state index is 10.7. The van der Waals surface area contributed by atoms with E-state index in [9.17, 15) is 9.90 Å². The molecule has 0 aromatic heterocycles. The van der Waals surface area contributed by atoms with Gasteiger partial charge in [0.05, 0.1) is 5.60 Å². The second kappa shape index (κ2) is 5.61. The van der Waals surface area contributed by atoms with Gasteiger partial charge in [-0.1, -0.05) is 20.8 Å². The summed E-state index contributed by atoms with van der Waals surface area (Å²) in [6, 6.07) is 0. The molecule has 2 unspecified atom stereocenters. The van der Waals surface area contributed by atoms with Gasteiger partial charge in [0.25, 0.3) is 0 Å². The molecule has 0 aliphatic heterocycles. The van der Waals surface area contributed by atoms with E-state index in [1.54, 1.807) is 6.92 Å². The quantitative estimate of drug-likeness (QED) is 0.718. The van der Waals surface area contributed by atoms with Gasteiger partial charge in [-0.3, -0.25) is 4.79 Å². The van der Waals surface area contributed by atoms with Crippen LogP contribution in [0, 0.1) is 5.92 Å². The number of carboxylic acids is 1. The molecule has 0 heterocycles. The average Bonchev–Trinajstić information content (AvgIpc) is 2.04. The molecule has 0 amide bonds. The van der Waals surface area contributed by atoms with E-state index in [4.69, 9.17) is 5.11 Å².